The van der Waals surface area contributed by atoms with Crippen LogP contribution in [0.4, 0.5) is 17.1 Å². The third-order valence-corrected chi connectivity index (χ3v) is 4.23. The SMILES string of the molecule is COCCC1(CNc2cc3c(cc2N)OCC(=O)N3)CC1. The molecule has 21 heavy (non-hydrogen) atoms. The molecule has 2 aliphatic rings. The molecule has 1 aromatic rings. The largest absolute Gasteiger partial charge is 0.482 e. The highest BCUT2D eigenvalue weighted by molar-refractivity contribution is 5.97. The minimum absolute atomic E-state index is 0.0410. The number of hydrogen-bond acceptors (Lipinski definition) is 5. The summed E-state index contributed by atoms with van der Waals surface area (Å²) in [4.78, 5) is 11.4. The molecule has 0 radical (unpaired) electrons. The summed E-state index contributed by atoms with van der Waals surface area (Å²) in [6.07, 6.45) is 3.49. The zero-order valence-electron chi connectivity index (χ0n) is 12.2. The topological polar surface area (TPSA) is 85.6 Å². The van der Waals surface area contributed by atoms with Gasteiger partial charge in [-0.3, -0.25) is 4.79 Å². The molecule has 0 saturated heterocycles. The average molecular weight is 291 g/mol. The summed E-state index contributed by atoms with van der Waals surface area (Å²) in [6, 6.07) is 3.60. The van der Waals surface area contributed by atoms with Gasteiger partial charge < -0.3 is 25.8 Å². The quantitative estimate of drug-likeness (QED) is 0.696. The van der Waals surface area contributed by atoms with Crippen LogP contribution >= 0.6 is 0 Å². The maximum atomic E-state index is 11.4. The van der Waals surface area contributed by atoms with Crippen LogP contribution < -0.4 is 21.1 Å². The smallest absolute Gasteiger partial charge is 0.262 e. The minimum Gasteiger partial charge on any atom is -0.482 e. The lowest BCUT2D eigenvalue weighted by Gasteiger charge is -2.22. The maximum absolute atomic E-state index is 11.4. The molecule has 1 aromatic carbocycles. The maximum Gasteiger partial charge on any atom is 0.262 e. The van der Waals surface area contributed by atoms with Gasteiger partial charge in [0.2, 0.25) is 0 Å². The lowest BCUT2D eigenvalue weighted by Crippen LogP contribution is -2.26. The molecule has 1 saturated carbocycles. The van der Waals surface area contributed by atoms with Crippen LogP contribution in [0.15, 0.2) is 12.1 Å². The van der Waals surface area contributed by atoms with Gasteiger partial charge in [0.25, 0.3) is 5.91 Å². The summed E-state index contributed by atoms with van der Waals surface area (Å²) in [5, 5.41) is 6.20. The summed E-state index contributed by atoms with van der Waals surface area (Å²) < 4.78 is 10.5. The Kier molecular flexibility index (Phi) is 3.63. The van der Waals surface area contributed by atoms with Crippen LogP contribution in [-0.4, -0.2) is 32.8 Å². The van der Waals surface area contributed by atoms with Crippen molar-refractivity contribution in [3.63, 3.8) is 0 Å². The first-order valence-electron chi connectivity index (χ1n) is 7.21. The number of ether oxygens (including phenoxy) is 2. The molecule has 1 aliphatic heterocycles. The van der Waals surface area contributed by atoms with Gasteiger partial charge >= 0.3 is 0 Å². The fourth-order valence-electron chi connectivity index (χ4n) is 2.59. The van der Waals surface area contributed by atoms with Crippen LogP contribution in [0.3, 0.4) is 0 Å². The molecule has 6 nitrogen and oxygen atoms in total. The van der Waals surface area contributed by atoms with E-state index in [2.05, 4.69) is 10.6 Å². The van der Waals surface area contributed by atoms with Crippen LogP contribution in [-0.2, 0) is 9.53 Å². The molecule has 114 valence electrons. The zero-order valence-corrected chi connectivity index (χ0v) is 12.2. The van der Waals surface area contributed by atoms with E-state index in [1.54, 1.807) is 13.2 Å². The summed E-state index contributed by atoms with van der Waals surface area (Å²) in [7, 11) is 1.73. The monoisotopic (exact) mass is 291 g/mol. The third-order valence-electron chi connectivity index (χ3n) is 4.23. The molecule has 6 heteroatoms. The van der Waals surface area contributed by atoms with E-state index in [0.29, 0.717) is 22.5 Å². The Morgan fingerprint density at radius 3 is 3.00 bits per heavy atom. The number of hydrogen-bond donors (Lipinski definition) is 3. The Balaban J connectivity index is 1.68. The van der Waals surface area contributed by atoms with Gasteiger partial charge in [-0.15, -0.1) is 0 Å². The number of methoxy groups -OCH3 is 1. The standard InChI is InChI=1S/C15H21N3O3/c1-20-5-4-15(2-3-15)9-17-11-7-12-13(6-10(11)16)21-8-14(19)18-12/h6-7,17H,2-5,8-9,16H2,1H3,(H,18,19). The van der Waals surface area contributed by atoms with Crippen molar-refractivity contribution in [1.82, 2.24) is 0 Å². The molecular weight excluding hydrogens is 270 g/mol. The van der Waals surface area contributed by atoms with Crippen LogP contribution in [0.2, 0.25) is 0 Å². The normalized spacial score (nSPS) is 18.4. The number of amides is 1. The average Bonchev–Trinajstić information content (AvgIpc) is 3.24. The molecule has 3 rings (SSSR count). The van der Waals surface area contributed by atoms with E-state index in [9.17, 15) is 4.79 Å². The van der Waals surface area contributed by atoms with Crippen molar-refractivity contribution in [2.75, 3.05) is 43.2 Å². The van der Waals surface area contributed by atoms with Crippen LogP contribution in [0.5, 0.6) is 5.75 Å². The number of rotatable bonds is 6. The fourth-order valence-corrected chi connectivity index (χ4v) is 2.59. The molecule has 1 heterocycles. The molecule has 4 N–H and O–H groups in total. The second-order valence-electron chi connectivity index (χ2n) is 5.87. The number of nitrogen functional groups attached to an aromatic ring is 1. The molecule has 0 atom stereocenters. The lowest BCUT2D eigenvalue weighted by atomic mass is 10.0. The molecule has 0 bridgehead atoms. The molecule has 0 spiro atoms. The van der Waals surface area contributed by atoms with Crippen molar-refractivity contribution in [2.24, 2.45) is 5.41 Å². The van der Waals surface area contributed by atoms with E-state index in [0.717, 1.165) is 25.3 Å². The van der Waals surface area contributed by atoms with Crippen molar-refractivity contribution < 1.29 is 14.3 Å². The van der Waals surface area contributed by atoms with Gasteiger partial charge in [-0.25, -0.2) is 0 Å². The molecule has 1 aliphatic carbocycles. The number of fused-ring (bicyclic) bond motifs is 1. The highest BCUT2D eigenvalue weighted by Gasteiger charge is 2.41. The highest BCUT2D eigenvalue weighted by atomic mass is 16.5. The van der Waals surface area contributed by atoms with E-state index in [4.69, 9.17) is 15.2 Å². The number of nitrogens with one attached hydrogen (secondary N) is 2. The number of nitrogens with two attached hydrogens (primary N) is 1. The number of anilines is 3. The summed E-state index contributed by atoms with van der Waals surface area (Å²) in [5.41, 5.74) is 8.52. The molecular formula is C15H21N3O3. The fraction of sp³-hybridized carbons (Fsp3) is 0.533. The van der Waals surface area contributed by atoms with Gasteiger partial charge in [0.15, 0.2) is 6.61 Å². The Morgan fingerprint density at radius 2 is 2.29 bits per heavy atom. The van der Waals surface area contributed by atoms with Gasteiger partial charge in [-0.1, -0.05) is 0 Å². The first kappa shape index (κ1) is 14.0. The summed E-state index contributed by atoms with van der Waals surface area (Å²) in [6.45, 7) is 1.69. The number of carbonyl (C=O) groups is 1. The lowest BCUT2D eigenvalue weighted by molar-refractivity contribution is -0.118. The van der Waals surface area contributed by atoms with Gasteiger partial charge in [-0.05, 0) is 30.7 Å². The number of carbonyl (C=O) groups excluding carboxylic acids is 1. The van der Waals surface area contributed by atoms with Crippen LogP contribution in [0, 0.1) is 5.41 Å². The molecule has 0 aromatic heterocycles. The second kappa shape index (κ2) is 5.44. The minimum atomic E-state index is -0.142. The van der Waals surface area contributed by atoms with Gasteiger partial charge in [0.05, 0.1) is 17.1 Å². The second-order valence-corrected chi connectivity index (χ2v) is 5.87. The Bertz CT molecular complexity index is 555. The summed E-state index contributed by atoms with van der Waals surface area (Å²) in [5.74, 6) is 0.482. The molecule has 0 unspecified atom stereocenters. The number of benzene rings is 1. The molecule has 1 fully saturated rings. The van der Waals surface area contributed by atoms with Gasteiger partial charge in [0, 0.05) is 26.3 Å². The van der Waals surface area contributed by atoms with Crippen molar-refractivity contribution >= 4 is 23.0 Å². The van der Waals surface area contributed by atoms with Crippen LogP contribution in [0.25, 0.3) is 0 Å². The predicted octanol–water partition coefficient (Wildman–Crippen LogP) is 1.83. The van der Waals surface area contributed by atoms with Gasteiger partial charge in [0.1, 0.15) is 5.75 Å². The Labute approximate surface area is 124 Å². The zero-order chi connectivity index (χ0) is 14.9. The van der Waals surface area contributed by atoms with E-state index in [-0.39, 0.29) is 12.5 Å². The van der Waals surface area contributed by atoms with Crippen molar-refractivity contribution in [3.8, 4) is 5.75 Å². The van der Waals surface area contributed by atoms with Crippen molar-refractivity contribution in [3.05, 3.63) is 12.1 Å². The Hall–Kier alpha value is -1.95. The summed E-state index contributed by atoms with van der Waals surface area (Å²) >= 11 is 0. The van der Waals surface area contributed by atoms with Crippen molar-refractivity contribution in [2.45, 2.75) is 19.3 Å². The van der Waals surface area contributed by atoms with E-state index >= 15 is 0 Å². The van der Waals surface area contributed by atoms with E-state index < -0.39 is 0 Å². The van der Waals surface area contributed by atoms with Crippen LogP contribution in [0.1, 0.15) is 19.3 Å². The highest BCUT2D eigenvalue weighted by Crippen LogP contribution is 2.49. The van der Waals surface area contributed by atoms with Crippen molar-refractivity contribution in [1.29, 1.82) is 0 Å². The Morgan fingerprint density at radius 1 is 1.48 bits per heavy atom. The van der Waals surface area contributed by atoms with Gasteiger partial charge in [-0.2, -0.15) is 0 Å². The third kappa shape index (κ3) is 3.05. The molecule has 1 amide bonds. The first-order chi connectivity index (χ1) is 10.1. The van der Waals surface area contributed by atoms with E-state index in [1.165, 1.54) is 12.8 Å². The van der Waals surface area contributed by atoms with E-state index in [1.807, 2.05) is 6.07 Å². The first-order valence-corrected chi connectivity index (χ1v) is 7.21. The predicted molar refractivity (Wildman–Crippen MR) is 81.6 cm³/mol.